The van der Waals surface area contributed by atoms with Gasteiger partial charge in [-0.15, -0.1) is 10.9 Å². The highest BCUT2D eigenvalue weighted by molar-refractivity contribution is 6.95. The standard InChI is InChI=1S/C23H26BF3N2O2/c1-17-21(18(2)30)22(23(25,26)27)28-24(19-11-6-4-7-12-19,20-13-8-5-9-14-20)29(17)15-10-16-31-3/h4-9,11-14,28H,10,15-16H2,1-3H3. The quantitative estimate of drug-likeness (QED) is 0.543. The zero-order valence-corrected chi connectivity index (χ0v) is 17.9. The molecule has 0 fully saturated rings. The molecule has 0 unspecified atom stereocenters. The van der Waals surface area contributed by atoms with Gasteiger partial charge < -0.3 is 14.5 Å². The molecule has 0 spiro atoms. The van der Waals surface area contributed by atoms with Gasteiger partial charge in [0.1, 0.15) is 11.3 Å². The minimum atomic E-state index is -4.71. The van der Waals surface area contributed by atoms with Gasteiger partial charge in [-0.1, -0.05) is 60.7 Å². The van der Waals surface area contributed by atoms with Crippen LogP contribution < -0.4 is 16.2 Å². The molecule has 8 heteroatoms. The Morgan fingerprint density at radius 2 is 1.55 bits per heavy atom. The third-order valence-corrected chi connectivity index (χ3v) is 5.81. The van der Waals surface area contributed by atoms with E-state index in [0.717, 1.165) is 0 Å². The Morgan fingerprint density at radius 1 is 1.03 bits per heavy atom. The van der Waals surface area contributed by atoms with Crippen molar-refractivity contribution in [3.8, 4) is 0 Å². The molecule has 0 bridgehead atoms. The fourth-order valence-electron chi connectivity index (χ4n) is 4.55. The number of carbonyl (C=O) groups is 1. The fraction of sp³-hybridized carbons (Fsp3) is 0.304. The number of allylic oxidation sites excluding steroid dienone is 2. The van der Waals surface area contributed by atoms with Gasteiger partial charge in [0.15, 0.2) is 5.78 Å². The summed E-state index contributed by atoms with van der Waals surface area (Å²) >= 11 is 0. The summed E-state index contributed by atoms with van der Waals surface area (Å²) < 4.78 is 49.8. The SMILES string of the molecule is COCCC[N+]1=C(C)C(C(C)=O)=C(C(F)(F)F)N[B-]1(c1ccccc1)c1ccccc1. The van der Waals surface area contributed by atoms with Crippen LogP contribution in [0.5, 0.6) is 0 Å². The Kier molecular flexibility index (Phi) is 6.69. The van der Waals surface area contributed by atoms with Crippen LogP contribution in [-0.4, -0.2) is 48.8 Å². The summed E-state index contributed by atoms with van der Waals surface area (Å²) in [6.07, 6.45) is -6.38. The van der Waals surface area contributed by atoms with E-state index in [-0.39, 0.29) is 5.57 Å². The zero-order chi connectivity index (χ0) is 22.6. The van der Waals surface area contributed by atoms with Crippen molar-refractivity contribution in [2.45, 2.75) is 26.4 Å². The van der Waals surface area contributed by atoms with E-state index in [1.807, 2.05) is 65.2 Å². The molecule has 0 radical (unpaired) electrons. The van der Waals surface area contributed by atoms with Crippen LogP contribution in [0.1, 0.15) is 20.3 Å². The average molecular weight is 430 g/mol. The Bertz CT molecular complexity index is 963. The molecule has 1 heterocycles. The first kappa shape index (κ1) is 22.8. The Morgan fingerprint density at radius 3 is 1.97 bits per heavy atom. The first-order valence-corrected chi connectivity index (χ1v) is 10.2. The molecular formula is C23H26BF3N2O2. The number of alkyl halides is 3. The maximum absolute atomic E-state index is 14.2. The molecule has 0 aliphatic carbocycles. The second-order valence-corrected chi connectivity index (χ2v) is 7.72. The summed E-state index contributed by atoms with van der Waals surface area (Å²) in [7, 11) is 1.58. The number of nitrogens with one attached hydrogen (secondary N) is 1. The first-order chi connectivity index (χ1) is 14.7. The van der Waals surface area contributed by atoms with Crippen molar-refractivity contribution in [3.05, 3.63) is 71.9 Å². The molecule has 2 aromatic rings. The zero-order valence-electron chi connectivity index (χ0n) is 17.9. The Balaban J connectivity index is 2.39. The molecule has 0 aromatic heterocycles. The lowest BCUT2D eigenvalue weighted by Crippen LogP contribution is -2.78. The number of hydrogen-bond donors (Lipinski definition) is 1. The van der Waals surface area contributed by atoms with Crippen molar-refractivity contribution < 1.29 is 27.2 Å². The first-order valence-electron chi connectivity index (χ1n) is 10.2. The van der Waals surface area contributed by atoms with Crippen LogP contribution in [0.4, 0.5) is 13.2 Å². The van der Waals surface area contributed by atoms with Crippen LogP contribution in [0, 0.1) is 0 Å². The summed E-state index contributed by atoms with van der Waals surface area (Å²) in [6, 6.07) is 18.2. The Hall–Kier alpha value is -2.87. The largest absolute Gasteiger partial charge is 0.486 e. The molecule has 1 aliphatic heterocycles. The molecule has 164 valence electrons. The molecule has 0 atom stereocenters. The minimum Gasteiger partial charge on any atom is -0.486 e. The summed E-state index contributed by atoms with van der Waals surface area (Å²) in [5, 5.41) is 2.84. The molecule has 4 nitrogen and oxygen atoms in total. The predicted octanol–water partition coefficient (Wildman–Crippen LogP) is 2.76. The highest BCUT2D eigenvalue weighted by Gasteiger charge is 2.52. The monoisotopic (exact) mass is 430 g/mol. The van der Waals surface area contributed by atoms with Gasteiger partial charge in [-0.05, 0) is 6.92 Å². The third kappa shape index (κ3) is 4.30. The van der Waals surface area contributed by atoms with Gasteiger partial charge in [0.2, 0.25) is 0 Å². The van der Waals surface area contributed by atoms with E-state index in [1.165, 1.54) is 6.92 Å². The van der Waals surface area contributed by atoms with Gasteiger partial charge in [0.25, 0.3) is 0 Å². The van der Waals surface area contributed by atoms with E-state index in [2.05, 4.69) is 5.23 Å². The van der Waals surface area contributed by atoms with Crippen molar-refractivity contribution in [2.24, 2.45) is 0 Å². The van der Waals surface area contributed by atoms with Crippen molar-refractivity contribution in [2.75, 3.05) is 20.3 Å². The fourth-order valence-corrected chi connectivity index (χ4v) is 4.55. The van der Waals surface area contributed by atoms with Gasteiger partial charge in [-0.3, -0.25) is 4.79 Å². The van der Waals surface area contributed by atoms with Gasteiger partial charge in [0.05, 0.1) is 18.8 Å². The molecule has 1 aliphatic rings. The van der Waals surface area contributed by atoms with E-state index in [4.69, 9.17) is 4.74 Å². The summed E-state index contributed by atoms with van der Waals surface area (Å²) in [5.74, 6) is -0.625. The van der Waals surface area contributed by atoms with Crippen LogP contribution in [0.15, 0.2) is 71.9 Å². The van der Waals surface area contributed by atoms with E-state index in [0.29, 0.717) is 36.2 Å². The second-order valence-electron chi connectivity index (χ2n) is 7.72. The van der Waals surface area contributed by atoms with Gasteiger partial charge in [-0.25, -0.2) is 0 Å². The molecular weight excluding hydrogens is 404 g/mol. The third-order valence-electron chi connectivity index (χ3n) is 5.81. The lowest BCUT2D eigenvalue weighted by Gasteiger charge is -2.45. The predicted molar refractivity (Wildman–Crippen MR) is 117 cm³/mol. The van der Waals surface area contributed by atoms with Crippen LogP contribution in [0.25, 0.3) is 0 Å². The molecule has 3 rings (SSSR count). The number of halogens is 3. The molecule has 0 amide bonds. The number of benzene rings is 2. The van der Waals surface area contributed by atoms with E-state index >= 15 is 0 Å². The van der Waals surface area contributed by atoms with Crippen LogP contribution in [0.2, 0.25) is 0 Å². The number of hydrogen-bond acceptors (Lipinski definition) is 3. The van der Waals surface area contributed by atoms with Crippen molar-refractivity contribution in [3.63, 3.8) is 0 Å². The van der Waals surface area contributed by atoms with Gasteiger partial charge >= 0.3 is 12.6 Å². The highest BCUT2D eigenvalue weighted by Crippen LogP contribution is 2.31. The number of rotatable bonds is 7. The van der Waals surface area contributed by atoms with Crippen LogP contribution in [0.3, 0.4) is 0 Å². The molecule has 0 saturated carbocycles. The topological polar surface area (TPSA) is 41.3 Å². The number of ketones is 1. The molecule has 2 aromatic carbocycles. The van der Waals surface area contributed by atoms with Crippen LogP contribution >= 0.6 is 0 Å². The average Bonchev–Trinajstić information content (AvgIpc) is 2.75. The Labute approximate surface area is 180 Å². The highest BCUT2D eigenvalue weighted by atomic mass is 19.4. The number of Topliss-reactive ketones (excluding diaryl/α,β-unsaturated/α-hetero) is 1. The summed E-state index contributed by atoms with van der Waals surface area (Å²) in [4.78, 5) is 12.4. The van der Waals surface area contributed by atoms with Crippen molar-refractivity contribution in [1.29, 1.82) is 0 Å². The normalized spacial score (nSPS) is 16.3. The van der Waals surface area contributed by atoms with Crippen molar-refractivity contribution >= 4 is 28.8 Å². The maximum Gasteiger partial charge on any atom is 0.428 e. The van der Waals surface area contributed by atoms with Crippen LogP contribution in [-0.2, 0) is 9.53 Å². The summed E-state index contributed by atoms with van der Waals surface area (Å²) in [6.45, 7) is 3.63. The summed E-state index contributed by atoms with van der Waals surface area (Å²) in [5.41, 5.74) is 0.398. The lowest BCUT2D eigenvalue weighted by atomic mass is 9.35. The molecule has 1 N–H and O–H groups in total. The van der Waals surface area contributed by atoms with E-state index in [1.54, 1.807) is 14.0 Å². The number of ether oxygens (including phenoxy) is 1. The van der Waals surface area contributed by atoms with E-state index in [9.17, 15) is 18.0 Å². The molecule has 31 heavy (non-hydrogen) atoms. The minimum absolute atomic E-state index is 0.308. The lowest BCUT2D eigenvalue weighted by molar-refractivity contribution is -0.401. The van der Waals surface area contributed by atoms with E-state index < -0.39 is 24.1 Å². The second kappa shape index (κ2) is 9.10. The van der Waals surface area contributed by atoms with Gasteiger partial charge in [0, 0.05) is 20.5 Å². The maximum atomic E-state index is 14.2. The van der Waals surface area contributed by atoms with Crippen molar-refractivity contribution in [1.82, 2.24) is 5.23 Å². The van der Waals surface area contributed by atoms with Gasteiger partial charge in [-0.2, -0.15) is 13.2 Å². The smallest absolute Gasteiger partial charge is 0.428 e. The number of carbonyl (C=O) groups excluding carboxylic acids is 1. The number of methoxy groups -OCH3 is 1. The molecule has 0 saturated heterocycles. The number of nitrogens with zero attached hydrogens (tertiary/aromatic N) is 1.